The van der Waals surface area contributed by atoms with Crippen molar-refractivity contribution in [1.82, 2.24) is 0 Å². The van der Waals surface area contributed by atoms with Crippen LogP contribution in [0.2, 0.25) is 0 Å². The average Bonchev–Trinajstić information content (AvgIpc) is 2.49. The molecule has 0 fully saturated rings. The van der Waals surface area contributed by atoms with Crippen molar-refractivity contribution in [3.8, 4) is 0 Å². The number of aliphatic carboxylic acids is 1. The van der Waals surface area contributed by atoms with Gasteiger partial charge in [-0.15, -0.1) is 0 Å². The minimum Gasteiger partial charge on any atom is -0.481 e. The van der Waals surface area contributed by atoms with E-state index in [2.05, 4.69) is 6.92 Å². The fraction of sp³-hybridized carbons (Fsp3) is 0.833. The number of hydrogen-bond acceptors (Lipinski definition) is 3. The molecule has 0 bridgehead atoms. The van der Waals surface area contributed by atoms with Crippen LogP contribution in [0.1, 0.15) is 84.0 Å². The average molecular weight is 314 g/mol. The molecule has 22 heavy (non-hydrogen) atoms. The third-order valence-electron chi connectivity index (χ3n) is 3.84. The molecule has 0 heterocycles. The van der Waals surface area contributed by atoms with E-state index >= 15 is 0 Å². The van der Waals surface area contributed by atoms with Gasteiger partial charge in [0.2, 0.25) is 0 Å². The van der Waals surface area contributed by atoms with Gasteiger partial charge in [0.15, 0.2) is 0 Å². The summed E-state index contributed by atoms with van der Waals surface area (Å²) >= 11 is 0. The summed E-state index contributed by atoms with van der Waals surface area (Å²) in [7, 11) is 0. The van der Waals surface area contributed by atoms with Crippen molar-refractivity contribution in [2.24, 2.45) is 0 Å². The number of carboxylic acids is 1. The number of allylic oxidation sites excluding steroid dienone is 1. The van der Waals surface area contributed by atoms with Crippen molar-refractivity contribution < 1.29 is 20.1 Å². The second-order valence-electron chi connectivity index (χ2n) is 6.04. The van der Waals surface area contributed by atoms with Crippen LogP contribution in [0.25, 0.3) is 0 Å². The first-order valence-corrected chi connectivity index (χ1v) is 8.82. The molecule has 0 aromatic heterocycles. The van der Waals surface area contributed by atoms with Gasteiger partial charge < -0.3 is 15.3 Å². The van der Waals surface area contributed by atoms with Crippen molar-refractivity contribution in [2.45, 2.75) is 96.2 Å². The van der Waals surface area contributed by atoms with Crippen LogP contribution in [0.5, 0.6) is 0 Å². The molecule has 0 radical (unpaired) electrons. The van der Waals surface area contributed by atoms with Crippen LogP contribution in [0.3, 0.4) is 0 Å². The van der Waals surface area contributed by atoms with Crippen molar-refractivity contribution in [2.75, 3.05) is 0 Å². The summed E-state index contributed by atoms with van der Waals surface area (Å²) in [6.45, 7) is 2.18. The molecule has 2 unspecified atom stereocenters. The molecule has 3 N–H and O–H groups in total. The Labute approximate surface area is 135 Å². The predicted octanol–water partition coefficient (Wildman–Crippen LogP) is 4.05. The summed E-state index contributed by atoms with van der Waals surface area (Å²) in [6, 6.07) is 0. The SMILES string of the molecule is CCCCCCC=CC(O)C(O)CCCCCCCC(=O)O. The van der Waals surface area contributed by atoms with E-state index in [1.807, 2.05) is 6.08 Å². The lowest BCUT2D eigenvalue weighted by molar-refractivity contribution is -0.137. The van der Waals surface area contributed by atoms with Gasteiger partial charge in [-0.2, -0.15) is 0 Å². The Bertz CT molecular complexity index is 289. The smallest absolute Gasteiger partial charge is 0.303 e. The maximum Gasteiger partial charge on any atom is 0.303 e. The van der Waals surface area contributed by atoms with Gasteiger partial charge in [0.1, 0.15) is 0 Å². The molecule has 0 spiro atoms. The number of aliphatic hydroxyl groups is 2. The number of aliphatic hydroxyl groups excluding tert-OH is 2. The van der Waals surface area contributed by atoms with Gasteiger partial charge in [0.25, 0.3) is 0 Å². The van der Waals surface area contributed by atoms with Crippen molar-refractivity contribution in [1.29, 1.82) is 0 Å². The Kier molecular flexibility index (Phi) is 14.4. The van der Waals surface area contributed by atoms with Gasteiger partial charge in [-0.3, -0.25) is 4.79 Å². The van der Waals surface area contributed by atoms with Crippen LogP contribution in [-0.4, -0.2) is 33.5 Å². The summed E-state index contributed by atoms with van der Waals surface area (Å²) < 4.78 is 0. The highest BCUT2D eigenvalue weighted by Crippen LogP contribution is 2.11. The molecule has 2 atom stereocenters. The Morgan fingerprint density at radius 1 is 0.955 bits per heavy atom. The number of carboxylic acid groups (broad SMARTS) is 1. The normalized spacial score (nSPS) is 14.3. The maximum absolute atomic E-state index is 10.3. The summed E-state index contributed by atoms with van der Waals surface area (Å²) in [5.41, 5.74) is 0. The second kappa shape index (κ2) is 15.0. The van der Waals surface area contributed by atoms with Crippen LogP contribution in [0, 0.1) is 0 Å². The highest BCUT2D eigenvalue weighted by Gasteiger charge is 2.12. The largest absolute Gasteiger partial charge is 0.481 e. The molecule has 0 aromatic rings. The molecule has 130 valence electrons. The van der Waals surface area contributed by atoms with E-state index in [-0.39, 0.29) is 6.42 Å². The number of rotatable bonds is 15. The molecule has 0 aliphatic carbocycles. The van der Waals surface area contributed by atoms with Crippen LogP contribution in [0.15, 0.2) is 12.2 Å². The first-order valence-electron chi connectivity index (χ1n) is 8.82. The fourth-order valence-corrected chi connectivity index (χ4v) is 2.38. The number of carbonyl (C=O) groups is 1. The lowest BCUT2D eigenvalue weighted by Crippen LogP contribution is -2.23. The van der Waals surface area contributed by atoms with E-state index in [1.54, 1.807) is 6.08 Å². The molecule has 0 amide bonds. The van der Waals surface area contributed by atoms with E-state index in [4.69, 9.17) is 5.11 Å². The van der Waals surface area contributed by atoms with Crippen molar-refractivity contribution >= 4 is 5.97 Å². The zero-order valence-corrected chi connectivity index (χ0v) is 14.0. The number of unbranched alkanes of at least 4 members (excludes halogenated alkanes) is 8. The highest BCUT2D eigenvalue weighted by atomic mass is 16.4. The van der Waals surface area contributed by atoms with Gasteiger partial charge in [0.05, 0.1) is 12.2 Å². The third-order valence-corrected chi connectivity index (χ3v) is 3.84. The molecule has 0 aromatic carbocycles. The van der Waals surface area contributed by atoms with Gasteiger partial charge in [0, 0.05) is 6.42 Å². The molecule has 0 saturated carbocycles. The van der Waals surface area contributed by atoms with E-state index in [0.29, 0.717) is 6.42 Å². The zero-order valence-electron chi connectivity index (χ0n) is 14.0. The Balaban J connectivity index is 3.50. The fourth-order valence-electron chi connectivity index (χ4n) is 2.38. The summed E-state index contributed by atoms with van der Waals surface area (Å²) in [5, 5.41) is 28.2. The highest BCUT2D eigenvalue weighted by molar-refractivity contribution is 5.66. The van der Waals surface area contributed by atoms with Crippen molar-refractivity contribution in [3.05, 3.63) is 12.2 Å². The quantitative estimate of drug-likeness (QED) is 0.315. The van der Waals surface area contributed by atoms with Gasteiger partial charge in [-0.25, -0.2) is 0 Å². The molecule has 0 aliphatic rings. The molecular formula is C18H34O4. The van der Waals surface area contributed by atoms with Gasteiger partial charge >= 0.3 is 5.97 Å². The van der Waals surface area contributed by atoms with Crippen molar-refractivity contribution in [3.63, 3.8) is 0 Å². The van der Waals surface area contributed by atoms with Crippen LogP contribution in [0.4, 0.5) is 0 Å². The molecule has 4 heteroatoms. The molecular weight excluding hydrogens is 280 g/mol. The molecule has 0 saturated heterocycles. The summed E-state index contributed by atoms with van der Waals surface area (Å²) in [4.78, 5) is 10.3. The second-order valence-corrected chi connectivity index (χ2v) is 6.04. The molecule has 0 rings (SSSR count). The Morgan fingerprint density at radius 3 is 2.27 bits per heavy atom. The Hall–Kier alpha value is -0.870. The zero-order chi connectivity index (χ0) is 16.6. The van der Waals surface area contributed by atoms with E-state index < -0.39 is 18.2 Å². The number of hydrogen-bond donors (Lipinski definition) is 3. The first kappa shape index (κ1) is 21.1. The van der Waals surface area contributed by atoms with Crippen LogP contribution >= 0.6 is 0 Å². The lowest BCUT2D eigenvalue weighted by atomic mass is 10.0. The van der Waals surface area contributed by atoms with E-state index in [9.17, 15) is 15.0 Å². The third kappa shape index (κ3) is 14.1. The van der Waals surface area contributed by atoms with Gasteiger partial charge in [-0.1, -0.05) is 64.0 Å². The maximum atomic E-state index is 10.3. The predicted molar refractivity (Wildman–Crippen MR) is 89.9 cm³/mol. The van der Waals surface area contributed by atoms with Crippen LogP contribution < -0.4 is 0 Å². The minimum atomic E-state index is -0.766. The standard InChI is InChI=1S/C18H34O4/c1-2-3-4-5-7-10-13-16(19)17(20)14-11-8-6-9-12-15-18(21)22/h10,13,16-17,19-20H,2-9,11-12,14-15H2,1H3,(H,21,22). The lowest BCUT2D eigenvalue weighted by Gasteiger charge is -2.14. The Morgan fingerprint density at radius 2 is 1.59 bits per heavy atom. The first-order chi connectivity index (χ1) is 10.6. The molecule has 4 nitrogen and oxygen atoms in total. The van der Waals surface area contributed by atoms with Gasteiger partial charge in [-0.05, 0) is 25.7 Å². The summed E-state index contributed by atoms with van der Waals surface area (Å²) in [6.07, 6.45) is 13.4. The van der Waals surface area contributed by atoms with E-state index in [0.717, 1.165) is 44.9 Å². The topological polar surface area (TPSA) is 77.8 Å². The van der Waals surface area contributed by atoms with Crippen LogP contribution in [-0.2, 0) is 4.79 Å². The summed E-state index contributed by atoms with van der Waals surface area (Å²) in [5.74, 6) is -0.736. The van der Waals surface area contributed by atoms with E-state index in [1.165, 1.54) is 19.3 Å². The monoisotopic (exact) mass is 314 g/mol. The minimum absolute atomic E-state index is 0.240. The molecule has 0 aliphatic heterocycles.